The molecular formula is C19H18F4N4O3S. The zero-order valence-corrected chi connectivity index (χ0v) is 17.0. The number of H-pyrrole nitrogens is 1. The number of fused-ring (bicyclic) bond motifs is 1. The molecule has 31 heavy (non-hydrogen) atoms. The van der Waals surface area contributed by atoms with Crippen LogP contribution in [0.1, 0.15) is 12.0 Å². The van der Waals surface area contributed by atoms with Crippen LogP contribution in [0.2, 0.25) is 0 Å². The second-order valence-corrected chi connectivity index (χ2v) is 9.37. The van der Waals surface area contributed by atoms with Crippen molar-refractivity contribution in [3.8, 4) is 11.1 Å². The number of rotatable bonds is 4. The van der Waals surface area contributed by atoms with Crippen LogP contribution in [0.25, 0.3) is 22.0 Å². The highest BCUT2D eigenvalue weighted by atomic mass is 32.2. The molecule has 1 unspecified atom stereocenters. The number of benzene rings is 2. The Kier molecular flexibility index (Phi) is 4.98. The summed E-state index contributed by atoms with van der Waals surface area (Å²) in [5, 5.41) is 16.3. The number of alkyl halides is 2. The molecule has 2 aromatic carbocycles. The highest BCUT2D eigenvalue weighted by Gasteiger charge is 2.50. The lowest BCUT2D eigenvalue weighted by Gasteiger charge is -2.22. The van der Waals surface area contributed by atoms with Crippen molar-refractivity contribution < 1.29 is 31.1 Å². The van der Waals surface area contributed by atoms with Crippen molar-refractivity contribution in [3.63, 3.8) is 0 Å². The van der Waals surface area contributed by atoms with Gasteiger partial charge in [0, 0.05) is 11.8 Å². The Morgan fingerprint density at radius 1 is 1.29 bits per heavy atom. The number of halogens is 4. The van der Waals surface area contributed by atoms with E-state index in [1.165, 1.54) is 12.1 Å². The van der Waals surface area contributed by atoms with E-state index in [2.05, 4.69) is 10.2 Å². The maximum atomic E-state index is 15.0. The van der Waals surface area contributed by atoms with Gasteiger partial charge in [-0.1, -0.05) is 6.07 Å². The molecule has 12 heteroatoms. The molecule has 1 aromatic heterocycles. The lowest BCUT2D eigenvalue weighted by Crippen LogP contribution is -2.38. The summed E-state index contributed by atoms with van der Waals surface area (Å²) in [6.07, 6.45) is -0.878. The highest BCUT2D eigenvalue weighted by Crippen LogP contribution is 2.38. The number of nitrogens with one attached hydrogen (secondary N) is 1. The molecule has 1 fully saturated rings. The van der Waals surface area contributed by atoms with Gasteiger partial charge in [0.05, 0.1) is 35.2 Å². The van der Waals surface area contributed by atoms with Gasteiger partial charge in [-0.2, -0.15) is 9.40 Å². The lowest BCUT2D eigenvalue weighted by atomic mass is 9.96. The minimum atomic E-state index is -4.68. The third kappa shape index (κ3) is 3.44. The van der Waals surface area contributed by atoms with Crippen LogP contribution in [0.15, 0.2) is 29.2 Å². The van der Waals surface area contributed by atoms with Crippen molar-refractivity contribution in [1.82, 2.24) is 14.5 Å². The van der Waals surface area contributed by atoms with Crippen molar-refractivity contribution in [2.45, 2.75) is 30.2 Å². The number of nitrogens with zero attached hydrogens (tertiary/aromatic N) is 2. The first-order valence-corrected chi connectivity index (χ1v) is 10.6. The van der Waals surface area contributed by atoms with E-state index in [1.807, 2.05) is 0 Å². The van der Waals surface area contributed by atoms with E-state index in [0.29, 0.717) is 32.9 Å². The van der Waals surface area contributed by atoms with E-state index in [1.54, 1.807) is 6.92 Å². The van der Waals surface area contributed by atoms with Crippen molar-refractivity contribution >= 4 is 26.7 Å². The van der Waals surface area contributed by atoms with Crippen molar-refractivity contribution in [2.75, 3.05) is 18.9 Å². The van der Waals surface area contributed by atoms with Gasteiger partial charge < -0.3 is 10.8 Å². The molecule has 0 saturated carbocycles. The summed E-state index contributed by atoms with van der Waals surface area (Å²) in [5.74, 6) is -5.59. The number of aliphatic hydroxyl groups excluding tert-OH is 1. The molecular weight excluding hydrogens is 440 g/mol. The molecule has 3 aromatic rings. The van der Waals surface area contributed by atoms with Gasteiger partial charge in [-0.3, -0.25) is 5.10 Å². The van der Waals surface area contributed by atoms with Gasteiger partial charge in [-0.05, 0) is 36.2 Å². The third-order valence-electron chi connectivity index (χ3n) is 5.45. The summed E-state index contributed by atoms with van der Waals surface area (Å²) >= 11 is 0. The van der Waals surface area contributed by atoms with Crippen molar-refractivity contribution in [1.29, 1.82) is 0 Å². The summed E-state index contributed by atoms with van der Waals surface area (Å²) in [6.45, 7) is -0.435. The molecule has 1 saturated heterocycles. The zero-order chi connectivity index (χ0) is 22.7. The first-order valence-electron chi connectivity index (χ1n) is 9.19. The highest BCUT2D eigenvalue weighted by molar-refractivity contribution is 7.89. The molecule has 0 amide bonds. The predicted molar refractivity (Wildman–Crippen MR) is 105 cm³/mol. The number of hydrogen-bond donors (Lipinski definition) is 3. The molecule has 7 nitrogen and oxygen atoms in total. The summed E-state index contributed by atoms with van der Waals surface area (Å²) in [7, 11) is -4.68. The average Bonchev–Trinajstić information content (AvgIpc) is 3.22. The number of sulfonamides is 1. The van der Waals surface area contributed by atoms with Crippen LogP contribution in [-0.2, 0) is 10.0 Å². The van der Waals surface area contributed by atoms with E-state index in [-0.39, 0.29) is 11.4 Å². The van der Waals surface area contributed by atoms with E-state index >= 15 is 0 Å². The summed E-state index contributed by atoms with van der Waals surface area (Å²) in [6, 6.07) is 2.75. The SMILES string of the molecule is Cc1c(-c2c(F)cc(S(=O)(=O)N3CC(F)(F)CC3CO)cc2F)ccc2[nH]nc(N)c12. The van der Waals surface area contributed by atoms with Crippen LogP contribution in [0.3, 0.4) is 0 Å². The first kappa shape index (κ1) is 21.5. The van der Waals surface area contributed by atoms with Crippen LogP contribution in [-0.4, -0.2) is 53.1 Å². The second kappa shape index (κ2) is 7.18. The van der Waals surface area contributed by atoms with Crippen LogP contribution in [0, 0.1) is 18.6 Å². The molecule has 1 atom stereocenters. The molecule has 1 aliphatic heterocycles. The lowest BCUT2D eigenvalue weighted by molar-refractivity contribution is 0.0161. The van der Waals surface area contributed by atoms with Crippen molar-refractivity contribution in [3.05, 3.63) is 41.5 Å². The van der Waals surface area contributed by atoms with E-state index < -0.39 is 63.7 Å². The Hall–Kier alpha value is -2.70. The van der Waals surface area contributed by atoms with Crippen LogP contribution in [0.4, 0.5) is 23.4 Å². The fourth-order valence-electron chi connectivity index (χ4n) is 3.98. The third-order valence-corrected chi connectivity index (χ3v) is 7.33. The number of aromatic amines is 1. The fourth-order valence-corrected chi connectivity index (χ4v) is 5.65. The molecule has 4 N–H and O–H groups in total. The summed E-state index contributed by atoms with van der Waals surface area (Å²) in [4.78, 5) is -0.816. The Labute approximate surface area is 174 Å². The minimum absolute atomic E-state index is 0.138. The number of hydrogen-bond acceptors (Lipinski definition) is 5. The van der Waals surface area contributed by atoms with Gasteiger partial charge in [-0.25, -0.2) is 26.0 Å². The number of aryl methyl sites for hydroxylation is 1. The molecule has 0 bridgehead atoms. The first-order chi connectivity index (χ1) is 14.5. The smallest absolute Gasteiger partial charge is 0.263 e. The van der Waals surface area contributed by atoms with Crippen LogP contribution < -0.4 is 5.73 Å². The number of nitrogen functional groups attached to an aromatic ring is 1. The molecule has 0 spiro atoms. The maximum absolute atomic E-state index is 15.0. The van der Waals surface area contributed by atoms with Crippen molar-refractivity contribution in [2.24, 2.45) is 0 Å². The maximum Gasteiger partial charge on any atom is 0.263 e. The second-order valence-electron chi connectivity index (χ2n) is 7.48. The quantitative estimate of drug-likeness (QED) is 0.521. The number of nitrogens with two attached hydrogens (primary N) is 1. The van der Waals surface area contributed by atoms with Gasteiger partial charge in [0.1, 0.15) is 11.6 Å². The standard InChI is InChI=1S/C19H18F4N4O3S/c1-9-12(2-3-15-16(9)18(24)26-25-15)17-13(20)4-11(5-14(17)21)31(29,30)27-8-19(22,23)6-10(27)7-28/h2-5,10,28H,6-8H2,1H3,(H3,24,25,26). The molecule has 0 radical (unpaired) electrons. The Bertz CT molecular complexity index is 1270. The summed E-state index contributed by atoms with van der Waals surface area (Å²) in [5.41, 5.74) is 6.45. The molecule has 4 rings (SSSR count). The molecule has 1 aliphatic rings. The van der Waals surface area contributed by atoms with Gasteiger partial charge >= 0.3 is 0 Å². The molecule has 0 aliphatic carbocycles. The zero-order valence-electron chi connectivity index (χ0n) is 16.2. The monoisotopic (exact) mass is 458 g/mol. The molecule has 166 valence electrons. The minimum Gasteiger partial charge on any atom is -0.395 e. The van der Waals surface area contributed by atoms with E-state index in [9.17, 15) is 31.1 Å². The molecule has 2 heterocycles. The largest absolute Gasteiger partial charge is 0.395 e. The Morgan fingerprint density at radius 2 is 1.94 bits per heavy atom. The van der Waals surface area contributed by atoms with Crippen LogP contribution in [0.5, 0.6) is 0 Å². The topological polar surface area (TPSA) is 112 Å². The normalized spacial score (nSPS) is 19.4. The van der Waals surface area contributed by atoms with E-state index in [4.69, 9.17) is 5.73 Å². The summed E-state index contributed by atoms with van der Waals surface area (Å²) < 4.78 is 83.4. The van der Waals surface area contributed by atoms with E-state index in [0.717, 1.165) is 0 Å². The number of anilines is 1. The van der Waals surface area contributed by atoms with Gasteiger partial charge in [0.15, 0.2) is 5.82 Å². The average molecular weight is 458 g/mol. The Balaban J connectivity index is 1.82. The van der Waals surface area contributed by atoms with Gasteiger partial charge in [-0.15, -0.1) is 0 Å². The van der Waals surface area contributed by atoms with Gasteiger partial charge in [0.25, 0.3) is 5.92 Å². The van der Waals surface area contributed by atoms with Gasteiger partial charge in [0.2, 0.25) is 10.0 Å². The predicted octanol–water partition coefficient (Wildman–Crippen LogP) is 2.79. The number of aliphatic hydroxyl groups is 1. The number of aromatic nitrogens is 2. The Morgan fingerprint density at radius 3 is 2.55 bits per heavy atom. The fraction of sp³-hybridized carbons (Fsp3) is 0.316. The van der Waals surface area contributed by atoms with Crippen LogP contribution >= 0.6 is 0 Å².